The molecule has 3 rings (SSSR count). The maximum atomic E-state index is 4.56. The van der Waals surface area contributed by atoms with Crippen LogP contribution in [0.4, 0.5) is 11.4 Å². The molecule has 0 N–H and O–H groups in total. The molecular weight excluding hydrogens is 411 g/mol. The second kappa shape index (κ2) is 12.8. The number of hydrogen-bond acceptors (Lipinski definition) is 1. The first-order chi connectivity index (χ1) is 13.9. The third-order valence-corrected chi connectivity index (χ3v) is 4.52. The Labute approximate surface area is 192 Å². The van der Waals surface area contributed by atoms with E-state index in [0.29, 0.717) is 0 Å². The van der Waals surface area contributed by atoms with Gasteiger partial charge in [-0.2, -0.15) is 6.20 Å². The maximum absolute atomic E-state index is 4.56. The Morgan fingerprint density at radius 2 is 1.03 bits per heavy atom. The summed E-state index contributed by atoms with van der Waals surface area (Å²) in [5, 5.41) is 4.56. The van der Waals surface area contributed by atoms with Crippen molar-refractivity contribution >= 4 is 17.6 Å². The van der Waals surface area contributed by atoms with Crippen LogP contribution in [0.5, 0.6) is 0 Å². The van der Waals surface area contributed by atoms with Crippen molar-refractivity contribution in [3.8, 4) is 0 Å². The van der Waals surface area contributed by atoms with E-state index in [9.17, 15) is 0 Å². The van der Waals surface area contributed by atoms with Crippen LogP contribution < -0.4 is 0 Å². The summed E-state index contributed by atoms with van der Waals surface area (Å²) in [6.45, 7) is 12.6. The molecule has 0 fully saturated rings. The van der Waals surface area contributed by atoms with Crippen LogP contribution in [0.2, 0.25) is 0 Å². The summed E-state index contributed by atoms with van der Waals surface area (Å²) in [4.78, 5) is 4.56. The van der Waals surface area contributed by atoms with Crippen molar-refractivity contribution < 1.29 is 16.8 Å². The second-order valence-corrected chi connectivity index (χ2v) is 7.40. The van der Waals surface area contributed by atoms with E-state index >= 15 is 0 Å². The van der Waals surface area contributed by atoms with E-state index in [4.69, 9.17) is 0 Å². The Morgan fingerprint density at radius 1 is 0.633 bits per heavy atom. The van der Waals surface area contributed by atoms with E-state index in [0.717, 1.165) is 11.4 Å². The summed E-state index contributed by atoms with van der Waals surface area (Å²) in [6.07, 6.45) is 5.51. The molecule has 30 heavy (non-hydrogen) atoms. The molecule has 0 aliphatic rings. The summed E-state index contributed by atoms with van der Waals surface area (Å²) in [5.74, 6) is 0. The summed E-state index contributed by atoms with van der Waals surface area (Å²) < 4.78 is 0. The van der Waals surface area contributed by atoms with Gasteiger partial charge in [0, 0.05) is 23.0 Å². The maximum Gasteiger partial charge on any atom is 0.0688 e. The molecule has 1 radical (unpaired) electrons. The summed E-state index contributed by atoms with van der Waals surface area (Å²) in [6, 6.07) is 20.6. The monoisotopic (exact) mass is 442 g/mol. The van der Waals surface area contributed by atoms with Gasteiger partial charge in [-0.25, -0.2) is 0 Å². The van der Waals surface area contributed by atoms with E-state index in [1.54, 1.807) is 0 Å². The molecule has 0 aliphatic heterocycles. The van der Waals surface area contributed by atoms with Crippen molar-refractivity contribution in [3.63, 3.8) is 0 Å². The van der Waals surface area contributed by atoms with Gasteiger partial charge in [0.2, 0.25) is 0 Å². The molecule has 3 aromatic carbocycles. The molecule has 3 heteroatoms. The fourth-order valence-electron chi connectivity index (χ4n) is 3.41. The number of allylic oxidation sites excluding steroid dienone is 1. The molecule has 0 heterocycles. The minimum atomic E-state index is 0. The van der Waals surface area contributed by atoms with Crippen molar-refractivity contribution in [2.24, 2.45) is 4.99 Å². The first kappa shape index (κ1) is 25.4. The minimum Gasteiger partial charge on any atom is -0.664 e. The van der Waals surface area contributed by atoms with Crippen LogP contribution in [-0.4, -0.2) is 6.21 Å². The van der Waals surface area contributed by atoms with Gasteiger partial charge in [-0.15, -0.1) is 5.69 Å². The molecule has 0 atom stereocenters. The summed E-state index contributed by atoms with van der Waals surface area (Å²) >= 11 is 0. The SMILES string of the molecule is Cc1cc(C)c(N=C/C=C\[N-]c2c(C)cc(C)cc2C)c(C)c1.[Co].c1ccccc1. The number of benzene rings is 3. The molecule has 0 amide bonds. The van der Waals surface area contributed by atoms with Crippen LogP contribution in [0, 0.1) is 41.5 Å². The molecule has 0 saturated carbocycles. The fraction of sp³-hybridized carbons (Fsp3) is 0.222. The van der Waals surface area contributed by atoms with Gasteiger partial charge in [0.1, 0.15) is 0 Å². The molecule has 2 nitrogen and oxygen atoms in total. The minimum absolute atomic E-state index is 0. The Balaban J connectivity index is 0.000000552. The predicted molar refractivity (Wildman–Crippen MR) is 128 cm³/mol. The summed E-state index contributed by atoms with van der Waals surface area (Å²) in [5.41, 5.74) is 9.45. The Morgan fingerprint density at radius 3 is 1.47 bits per heavy atom. The molecule has 0 bridgehead atoms. The average molecular weight is 442 g/mol. The molecule has 0 aromatic heterocycles. The molecule has 0 saturated heterocycles. The van der Waals surface area contributed by atoms with Gasteiger partial charge in [-0.3, -0.25) is 4.99 Å². The Kier molecular flexibility index (Phi) is 10.9. The van der Waals surface area contributed by atoms with Gasteiger partial charge in [0.05, 0.1) is 5.69 Å². The van der Waals surface area contributed by atoms with Crippen LogP contribution in [0.1, 0.15) is 33.4 Å². The predicted octanol–water partition coefficient (Wildman–Crippen LogP) is 8.14. The van der Waals surface area contributed by atoms with Crippen molar-refractivity contribution in [3.05, 3.63) is 112 Å². The summed E-state index contributed by atoms with van der Waals surface area (Å²) in [7, 11) is 0. The van der Waals surface area contributed by atoms with Crippen LogP contribution in [0.25, 0.3) is 5.32 Å². The Hall–Kier alpha value is -2.62. The standard InChI is InChI=1S/C21H25N2.C6H6.Co/c1-14-10-16(3)20(17(4)11-14)22-8-7-9-23-21-18(5)12-15(2)13-19(21)6;1-2-4-6-5-3-1;/h7-13H,1-6H3;1-6H;/q-1;;/b8-7-,23-9?;;. The van der Waals surface area contributed by atoms with Crippen molar-refractivity contribution in [1.82, 2.24) is 0 Å². The van der Waals surface area contributed by atoms with Gasteiger partial charge in [0.25, 0.3) is 0 Å². The van der Waals surface area contributed by atoms with Gasteiger partial charge in [-0.1, -0.05) is 89.0 Å². The number of nitrogens with zero attached hydrogens (tertiary/aromatic N) is 2. The zero-order valence-corrected chi connectivity index (χ0v) is 19.8. The first-order valence-electron chi connectivity index (χ1n) is 9.94. The van der Waals surface area contributed by atoms with Crippen molar-refractivity contribution in [1.29, 1.82) is 0 Å². The van der Waals surface area contributed by atoms with Gasteiger partial charge in [0.15, 0.2) is 0 Å². The molecule has 0 aliphatic carbocycles. The Bertz CT molecular complexity index is 916. The van der Waals surface area contributed by atoms with E-state index in [1.165, 1.54) is 33.4 Å². The fourth-order valence-corrected chi connectivity index (χ4v) is 3.41. The number of aliphatic imine (C=N–C) groups is 1. The first-order valence-corrected chi connectivity index (χ1v) is 9.94. The third kappa shape index (κ3) is 8.01. The van der Waals surface area contributed by atoms with Crippen molar-refractivity contribution in [2.75, 3.05) is 0 Å². The molecule has 0 spiro atoms. The zero-order chi connectivity index (χ0) is 21.2. The number of aryl methyl sites for hydroxylation is 6. The smallest absolute Gasteiger partial charge is 0.0688 e. The van der Waals surface area contributed by atoms with Crippen LogP contribution >= 0.6 is 0 Å². The molecule has 0 unspecified atom stereocenters. The van der Waals surface area contributed by atoms with E-state index < -0.39 is 0 Å². The van der Waals surface area contributed by atoms with Crippen LogP contribution in [0.3, 0.4) is 0 Å². The molecule has 3 aromatic rings. The third-order valence-electron chi connectivity index (χ3n) is 4.52. The van der Waals surface area contributed by atoms with Crippen molar-refractivity contribution in [2.45, 2.75) is 41.5 Å². The topological polar surface area (TPSA) is 26.5 Å². The number of hydrogen-bond donors (Lipinski definition) is 0. The van der Waals surface area contributed by atoms with Gasteiger partial charge in [-0.05, 0) is 52.7 Å². The van der Waals surface area contributed by atoms with Crippen LogP contribution in [-0.2, 0) is 16.8 Å². The second-order valence-electron chi connectivity index (χ2n) is 7.40. The average Bonchev–Trinajstić information content (AvgIpc) is 2.66. The van der Waals surface area contributed by atoms with E-state index in [2.05, 4.69) is 76.1 Å². The number of rotatable bonds is 4. The largest absolute Gasteiger partial charge is 0.664 e. The molecular formula is C27H31CoN2-. The van der Waals surface area contributed by atoms with Crippen LogP contribution in [0.15, 0.2) is 77.9 Å². The van der Waals surface area contributed by atoms with Gasteiger partial charge < -0.3 is 5.32 Å². The molecule has 159 valence electrons. The van der Waals surface area contributed by atoms with E-state index in [-0.39, 0.29) is 16.8 Å². The zero-order valence-electron chi connectivity index (χ0n) is 18.7. The normalized spacial score (nSPS) is 10.5. The quantitative estimate of drug-likeness (QED) is 0.365. The van der Waals surface area contributed by atoms with Gasteiger partial charge >= 0.3 is 0 Å². The van der Waals surface area contributed by atoms with E-state index in [1.807, 2.05) is 54.9 Å².